The molecule has 0 aliphatic rings. The Morgan fingerprint density at radius 3 is 2.10 bits per heavy atom. The van der Waals surface area contributed by atoms with Gasteiger partial charge >= 0.3 is 0 Å². The molecule has 0 unspecified atom stereocenters. The third-order valence-corrected chi connectivity index (χ3v) is 3.38. The van der Waals surface area contributed by atoms with E-state index in [2.05, 4.69) is 27.3 Å². The van der Waals surface area contributed by atoms with E-state index < -0.39 is 0 Å². The van der Waals surface area contributed by atoms with E-state index in [4.69, 9.17) is 0 Å². The molecule has 112 valence electrons. The number of nitrogens with zero attached hydrogens (tertiary/aromatic N) is 4. The SMILES string of the molecule is CCCCCCCCc1nnc(-c2ccc(F)cc2)nn1. The first-order chi connectivity index (χ1) is 10.3. The molecule has 0 aliphatic carbocycles. The number of rotatable bonds is 8. The molecule has 4 nitrogen and oxygen atoms in total. The minimum absolute atomic E-state index is 0.278. The van der Waals surface area contributed by atoms with Crippen molar-refractivity contribution in [2.45, 2.75) is 51.9 Å². The van der Waals surface area contributed by atoms with Crippen molar-refractivity contribution in [3.05, 3.63) is 35.9 Å². The van der Waals surface area contributed by atoms with E-state index in [1.165, 1.54) is 44.2 Å². The summed E-state index contributed by atoms with van der Waals surface area (Å²) >= 11 is 0. The van der Waals surface area contributed by atoms with Crippen LogP contribution in [0.25, 0.3) is 11.4 Å². The summed E-state index contributed by atoms with van der Waals surface area (Å²) in [6.07, 6.45) is 8.23. The minimum atomic E-state index is -0.278. The third-order valence-electron chi connectivity index (χ3n) is 3.38. The molecule has 0 atom stereocenters. The van der Waals surface area contributed by atoms with Gasteiger partial charge < -0.3 is 0 Å². The van der Waals surface area contributed by atoms with Gasteiger partial charge in [0.25, 0.3) is 0 Å². The number of benzene rings is 1. The first kappa shape index (κ1) is 15.5. The van der Waals surface area contributed by atoms with Crippen LogP contribution in [-0.2, 0) is 6.42 Å². The average Bonchev–Trinajstić information content (AvgIpc) is 2.52. The highest BCUT2D eigenvalue weighted by atomic mass is 19.1. The largest absolute Gasteiger partial charge is 0.207 e. The van der Waals surface area contributed by atoms with Crippen LogP contribution >= 0.6 is 0 Å². The second kappa shape index (κ2) is 8.39. The van der Waals surface area contributed by atoms with Gasteiger partial charge in [0.15, 0.2) is 5.82 Å². The molecule has 0 saturated heterocycles. The number of aryl methyl sites for hydroxylation is 1. The summed E-state index contributed by atoms with van der Waals surface area (Å²) in [5.74, 6) is 0.831. The van der Waals surface area contributed by atoms with E-state index in [-0.39, 0.29) is 5.82 Å². The Morgan fingerprint density at radius 1 is 0.810 bits per heavy atom. The van der Waals surface area contributed by atoms with Crippen LogP contribution in [0.4, 0.5) is 4.39 Å². The molecule has 0 spiro atoms. The highest BCUT2D eigenvalue weighted by Gasteiger charge is 2.04. The number of hydrogen-bond donors (Lipinski definition) is 0. The van der Waals surface area contributed by atoms with Gasteiger partial charge in [0.05, 0.1) is 0 Å². The molecule has 0 amide bonds. The number of unbranched alkanes of at least 4 members (excludes halogenated alkanes) is 5. The fourth-order valence-electron chi connectivity index (χ4n) is 2.13. The highest BCUT2D eigenvalue weighted by molar-refractivity contribution is 5.53. The molecule has 2 rings (SSSR count). The molecule has 0 saturated carbocycles. The van der Waals surface area contributed by atoms with E-state index in [0.717, 1.165) is 18.4 Å². The lowest BCUT2D eigenvalue weighted by Gasteiger charge is -2.01. The summed E-state index contributed by atoms with van der Waals surface area (Å²) < 4.78 is 12.8. The Labute approximate surface area is 124 Å². The van der Waals surface area contributed by atoms with Gasteiger partial charge in [0, 0.05) is 12.0 Å². The Hall–Kier alpha value is -1.91. The van der Waals surface area contributed by atoms with Crippen LogP contribution in [-0.4, -0.2) is 20.4 Å². The molecule has 0 bridgehead atoms. The zero-order valence-corrected chi connectivity index (χ0v) is 12.4. The molecule has 0 fully saturated rings. The number of hydrogen-bond acceptors (Lipinski definition) is 4. The zero-order valence-electron chi connectivity index (χ0n) is 12.4. The quantitative estimate of drug-likeness (QED) is 0.689. The molecular weight excluding hydrogens is 267 g/mol. The van der Waals surface area contributed by atoms with Crippen molar-refractivity contribution in [1.29, 1.82) is 0 Å². The first-order valence-corrected chi connectivity index (χ1v) is 7.62. The molecule has 0 radical (unpaired) electrons. The maximum absolute atomic E-state index is 12.8. The fourth-order valence-corrected chi connectivity index (χ4v) is 2.13. The molecule has 1 heterocycles. The summed E-state index contributed by atoms with van der Waals surface area (Å²) in [5, 5.41) is 16.3. The van der Waals surface area contributed by atoms with Crippen LogP contribution < -0.4 is 0 Å². The smallest absolute Gasteiger partial charge is 0.203 e. The van der Waals surface area contributed by atoms with E-state index >= 15 is 0 Å². The van der Waals surface area contributed by atoms with Gasteiger partial charge in [0.2, 0.25) is 5.82 Å². The summed E-state index contributed by atoms with van der Waals surface area (Å²) in [5.41, 5.74) is 0.725. The van der Waals surface area contributed by atoms with Crippen LogP contribution in [0.15, 0.2) is 24.3 Å². The van der Waals surface area contributed by atoms with Crippen LogP contribution in [0.2, 0.25) is 0 Å². The second-order valence-electron chi connectivity index (χ2n) is 5.16. The van der Waals surface area contributed by atoms with E-state index in [1.54, 1.807) is 12.1 Å². The molecule has 21 heavy (non-hydrogen) atoms. The van der Waals surface area contributed by atoms with Gasteiger partial charge in [-0.2, -0.15) is 0 Å². The van der Waals surface area contributed by atoms with Crippen molar-refractivity contribution in [2.75, 3.05) is 0 Å². The van der Waals surface area contributed by atoms with Crippen molar-refractivity contribution in [2.24, 2.45) is 0 Å². The van der Waals surface area contributed by atoms with Gasteiger partial charge in [-0.25, -0.2) is 4.39 Å². The van der Waals surface area contributed by atoms with Crippen molar-refractivity contribution >= 4 is 0 Å². The maximum atomic E-state index is 12.8. The summed E-state index contributed by atoms with van der Waals surface area (Å²) in [6, 6.07) is 6.01. The van der Waals surface area contributed by atoms with Crippen LogP contribution in [0.5, 0.6) is 0 Å². The predicted octanol–water partition coefficient (Wildman–Crippen LogP) is 3.98. The Kier molecular flexibility index (Phi) is 6.19. The predicted molar refractivity (Wildman–Crippen MR) is 80.1 cm³/mol. The van der Waals surface area contributed by atoms with E-state index in [0.29, 0.717) is 11.6 Å². The normalized spacial score (nSPS) is 10.8. The minimum Gasteiger partial charge on any atom is -0.207 e. The zero-order chi connectivity index (χ0) is 14.9. The van der Waals surface area contributed by atoms with Gasteiger partial charge in [-0.05, 0) is 30.7 Å². The Balaban J connectivity index is 1.80. The monoisotopic (exact) mass is 288 g/mol. The summed E-state index contributed by atoms with van der Waals surface area (Å²) in [6.45, 7) is 2.22. The lowest BCUT2D eigenvalue weighted by molar-refractivity contribution is 0.593. The van der Waals surface area contributed by atoms with Crippen LogP contribution in [0.3, 0.4) is 0 Å². The lowest BCUT2D eigenvalue weighted by atomic mass is 10.1. The topological polar surface area (TPSA) is 51.6 Å². The Bertz CT molecular complexity index is 525. The second-order valence-corrected chi connectivity index (χ2v) is 5.16. The Morgan fingerprint density at radius 2 is 1.43 bits per heavy atom. The maximum Gasteiger partial charge on any atom is 0.203 e. The number of halogens is 1. The molecule has 0 N–H and O–H groups in total. The molecule has 1 aromatic carbocycles. The molecule has 0 aliphatic heterocycles. The first-order valence-electron chi connectivity index (χ1n) is 7.62. The molecule has 1 aromatic heterocycles. The highest BCUT2D eigenvalue weighted by Crippen LogP contribution is 2.13. The van der Waals surface area contributed by atoms with Gasteiger partial charge in [0.1, 0.15) is 5.82 Å². The van der Waals surface area contributed by atoms with Gasteiger partial charge in [-0.3, -0.25) is 0 Å². The van der Waals surface area contributed by atoms with Crippen LogP contribution in [0.1, 0.15) is 51.3 Å². The van der Waals surface area contributed by atoms with E-state index in [9.17, 15) is 4.39 Å². The standard InChI is InChI=1S/C16H21FN4/c1-2-3-4-5-6-7-8-15-18-20-16(21-19-15)13-9-11-14(17)12-10-13/h9-12H,2-8H2,1H3. The summed E-state index contributed by atoms with van der Waals surface area (Å²) in [4.78, 5) is 0. The van der Waals surface area contributed by atoms with Crippen LogP contribution in [0, 0.1) is 5.82 Å². The lowest BCUT2D eigenvalue weighted by Crippen LogP contribution is -2.03. The van der Waals surface area contributed by atoms with Crippen molar-refractivity contribution in [3.63, 3.8) is 0 Å². The summed E-state index contributed by atoms with van der Waals surface area (Å²) in [7, 11) is 0. The van der Waals surface area contributed by atoms with Crippen molar-refractivity contribution in [1.82, 2.24) is 20.4 Å². The molecule has 2 aromatic rings. The molecular formula is C16H21FN4. The number of aromatic nitrogens is 4. The molecule has 5 heteroatoms. The van der Waals surface area contributed by atoms with Gasteiger partial charge in [-0.15, -0.1) is 20.4 Å². The average molecular weight is 288 g/mol. The van der Waals surface area contributed by atoms with Crippen molar-refractivity contribution < 1.29 is 4.39 Å². The fraction of sp³-hybridized carbons (Fsp3) is 0.500. The third kappa shape index (κ3) is 5.17. The van der Waals surface area contributed by atoms with Crippen molar-refractivity contribution in [3.8, 4) is 11.4 Å². The van der Waals surface area contributed by atoms with E-state index in [1.807, 2.05) is 0 Å². The van der Waals surface area contributed by atoms with Gasteiger partial charge in [-0.1, -0.05) is 39.0 Å².